The van der Waals surface area contributed by atoms with Gasteiger partial charge in [-0.1, -0.05) is 45.6 Å². The average Bonchev–Trinajstić information content (AvgIpc) is 2.11. The Morgan fingerprint density at radius 1 is 1.42 bits per heavy atom. The van der Waals surface area contributed by atoms with E-state index in [0.717, 1.165) is 12.3 Å². The van der Waals surface area contributed by atoms with Crippen LogP contribution >= 0.6 is 0 Å². The monoisotopic (exact) mass is 167 g/mol. The lowest BCUT2D eigenvalue weighted by atomic mass is 9.96. The van der Waals surface area contributed by atoms with Gasteiger partial charge in [0.05, 0.1) is 0 Å². The largest absolute Gasteiger partial charge is 0.286 e. The second-order valence-electron chi connectivity index (χ2n) is 3.17. The summed E-state index contributed by atoms with van der Waals surface area (Å²) in [5.41, 5.74) is 0. The van der Waals surface area contributed by atoms with Crippen molar-refractivity contribution in [2.75, 3.05) is 0 Å². The molecule has 0 saturated heterocycles. The fourth-order valence-electron chi connectivity index (χ4n) is 1.29. The number of rotatable bonds is 7. The standard InChI is InChI=1S/C11H19O/c1-3-5-8-11(4-2)9-6-7-10-12/h6-7,11H,3-5,8-9H2,1-2H3. The van der Waals surface area contributed by atoms with Crippen molar-refractivity contribution < 1.29 is 4.79 Å². The minimum atomic E-state index is 0.759. The smallest absolute Gasteiger partial charge is 0.225 e. The highest BCUT2D eigenvalue weighted by Crippen LogP contribution is 2.16. The van der Waals surface area contributed by atoms with E-state index in [9.17, 15) is 4.79 Å². The zero-order chi connectivity index (χ0) is 9.23. The van der Waals surface area contributed by atoms with Gasteiger partial charge in [-0.25, -0.2) is 0 Å². The number of carbonyl (C=O) groups excluding carboxylic acids is 1. The van der Waals surface area contributed by atoms with E-state index in [0.29, 0.717) is 0 Å². The van der Waals surface area contributed by atoms with Crippen LogP contribution in [-0.4, -0.2) is 6.29 Å². The SMILES string of the molecule is CCCCC(CC)CC=C[C]=O. The quantitative estimate of drug-likeness (QED) is 0.532. The van der Waals surface area contributed by atoms with Crippen LogP contribution in [0, 0.1) is 5.92 Å². The number of allylic oxidation sites excluding steroid dienone is 2. The average molecular weight is 167 g/mol. The Balaban J connectivity index is 3.51. The van der Waals surface area contributed by atoms with Gasteiger partial charge in [-0.15, -0.1) is 0 Å². The summed E-state index contributed by atoms with van der Waals surface area (Å²) in [6.45, 7) is 4.42. The van der Waals surface area contributed by atoms with Crippen LogP contribution in [-0.2, 0) is 4.79 Å². The first-order valence-electron chi connectivity index (χ1n) is 4.87. The van der Waals surface area contributed by atoms with Crippen LogP contribution < -0.4 is 0 Å². The van der Waals surface area contributed by atoms with Crippen molar-refractivity contribution >= 4 is 6.29 Å². The molecule has 1 unspecified atom stereocenters. The molecule has 12 heavy (non-hydrogen) atoms. The summed E-state index contributed by atoms with van der Waals surface area (Å²) in [6, 6.07) is 0. The third-order valence-corrected chi connectivity index (χ3v) is 2.20. The molecule has 0 aliphatic heterocycles. The molecule has 69 valence electrons. The Bertz CT molecular complexity index is 127. The molecule has 0 fully saturated rings. The normalized spacial score (nSPS) is 13.5. The van der Waals surface area contributed by atoms with Gasteiger partial charge in [0, 0.05) is 0 Å². The molecule has 1 atom stereocenters. The van der Waals surface area contributed by atoms with Gasteiger partial charge in [-0.05, 0) is 18.4 Å². The first kappa shape index (κ1) is 11.4. The lowest BCUT2D eigenvalue weighted by Gasteiger charge is -2.10. The van der Waals surface area contributed by atoms with E-state index < -0.39 is 0 Å². The van der Waals surface area contributed by atoms with Crippen LogP contribution in [0.15, 0.2) is 12.2 Å². The van der Waals surface area contributed by atoms with Crippen LogP contribution in [0.3, 0.4) is 0 Å². The maximum Gasteiger partial charge on any atom is 0.225 e. The second kappa shape index (κ2) is 8.51. The molecular weight excluding hydrogens is 148 g/mol. The van der Waals surface area contributed by atoms with E-state index in [2.05, 4.69) is 13.8 Å². The Kier molecular flexibility index (Phi) is 8.09. The topological polar surface area (TPSA) is 17.1 Å². The highest BCUT2D eigenvalue weighted by Gasteiger charge is 2.02. The van der Waals surface area contributed by atoms with Crippen LogP contribution in [0.25, 0.3) is 0 Å². The molecule has 0 aromatic carbocycles. The number of hydrogen-bond donors (Lipinski definition) is 0. The Hall–Kier alpha value is -0.590. The summed E-state index contributed by atoms with van der Waals surface area (Å²) >= 11 is 0. The Morgan fingerprint density at radius 2 is 2.17 bits per heavy atom. The summed E-state index contributed by atoms with van der Waals surface area (Å²) in [4.78, 5) is 9.88. The summed E-state index contributed by atoms with van der Waals surface area (Å²) in [5.74, 6) is 0.759. The molecule has 1 heteroatoms. The van der Waals surface area contributed by atoms with E-state index in [4.69, 9.17) is 0 Å². The van der Waals surface area contributed by atoms with Crippen molar-refractivity contribution in [3.05, 3.63) is 12.2 Å². The molecule has 0 spiro atoms. The van der Waals surface area contributed by atoms with Gasteiger partial charge < -0.3 is 0 Å². The zero-order valence-corrected chi connectivity index (χ0v) is 8.18. The molecule has 1 radical (unpaired) electrons. The molecule has 0 bridgehead atoms. The van der Waals surface area contributed by atoms with E-state index in [1.807, 2.05) is 6.08 Å². The number of unbranched alkanes of at least 4 members (excludes halogenated alkanes) is 1. The predicted octanol–water partition coefficient (Wildman–Crippen LogP) is 3.26. The summed E-state index contributed by atoms with van der Waals surface area (Å²) < 4.78 is 0. The molecule has 0 rings (SSSR count). The summed E-state index contributed by atoms with van der Waals surface area (Å²) in [6.07, 6.45) is 11.3. The fourth-order valence-corrected chi connectivity index (χ4v) is 1.29. The molecule has 1 nitrogen and oxygen atoms in total. The van der Waals surface area contributed by atoms with E-state index in [-0.39, 0.29) is 0 Å². The van der Waals surface area contributed by atoms with Crippen LogP contribution in [0.2, 0.25) is 0 Å². The fraction of sp³-hybridized carbons (Fsp3) is 0.727. The molecular formula is C11H19O. The Labute approximate surface area is 75.9 Å². The van der Waals surface area contributed by atoms with Crippen molar-refractivity contribution in [2.45, 2.75) is 46.0 Å². The molecule has 0 aromatic heterocycles. The molecule has 0 aliphatic rings. The van der Waals surface area contributed by atoms with E-state index >= 15 is 0 Å². The summed E-state index contributed by atoms with van der Waals surface area (Å²) in [5, 5.41) is 0. The third kappa shape index (κ3) is 6.14. The zero-order valence-electron chi connectivity index (χ0n) is 8.18. The lowest BCUT2D eigenvalue weighted by Crippen LogP contribution is -1.96. The van der Waals surface area contributed by atoms with Crippen LogP contribution in [0.5, 0.6) is 0 Å². The minimum Gasteiger partial charge on any atom is -0.286 e. The highest BCUT2D eigenvalue weighted by atomic mass is 16.1. The van der Waals surface area contributed by atoms with Gasteiger partial charge in [-0.3, -0.25) is 4.79 Å². The molecule has 0 aromatic rings. The maximum atomic E-state index is 9.88. The van der Waals surface area contributed by atoms with E-state index in [1.165, 1.54) is 31.8 Å². The van der Waals surface area contributed by atoms with Gasteiger partial charge in [0.15, 0.2) is 0 Å². The molecule has 0 amide bonds. The molecule has 0 heterocycles. The molecule has 0 aliphatic carbocycles. The maximum absolute atomic E-state index is 9.88. The van der Waals surface area contributed by atoms with Gasteiger partial charge in [-0.2, -0.15) is 0 Å². The highest BCUT2D eigenvalue weighted by molar-refractivity contribution is 5.65. The first-order chi connectivity index (χ1) is 5.85. The van der Waals surface area contributed by atoms with Gasteiger partial charge >= 0.3 is 0 Å². The van der Waals surface area contributed by atoms with Crippen molar-refractivity contribution in [1.82, 2.24) is 0 Å². The lowest BCUT2D eigenvalue weighted by molar-refractivity contribution is 0.456. The van der Waals surface area contributed by atoms with Crippen LogP contribution in [0.1, 0.15) is 46.0 Å². The van der Waals surface area contributed by atoms with Gasteiger partial charge in [0.2, 0.25) is 6.29 Å². The predicted molar refractivity (Wildman–Crippen MR) is 52.8 cm³/mol. The van der Waals surface area contributed by atoms with Crippen molar-refractivity contribution in [2.24, 2.45) is 5.92 Å². The van der Waals surface area contributed by atoms with Crippen molar-refractivity contribution in [1.29, 1.82) is 0 Å². The molecule has 0 N–H and O–H groups in total. The first-order valence-corrected chi connectivity index (χ1v) is 4.87. The van der Waals surface area contributed by atoms with E-state index in [1.54, 1.807) is 6.29 Å². The summed E-state index contributed by atoms with van der Waals surface area (Å²) in [7, 11) is 0. The number of hydrogen-bond acceptors (Lipinski definition) is 1. The van der Waals surface area contributed by atoms with Gasteiger partial charge in [0.1, 0.15) is 0 Å². The third-order valence-electron chi connectivity index (χ3n) is 2.20. The van der Waals surface area contributed by atoms with Crippen molar-refractivity contribution in [3.8, 4) is 0 Å². The molecule has 0 saturated carbocycles. The van der Waals surface area contributed by atoms with Crippen molar-refractivity contribution in [3.63, 3.8) is 0 Å². The van der Waals surface area contributed by atoms with Crippen LogP contribution in [0.4, 0.5) is 0 Å². The Morgan fingerprint density at radius 3 is 2.67 bits per heavy atom. The van der Waals surface area contributed by atoms with Gasteiger partial charge in [0.25, 0.3) is 0 Å². The second-order valence-corrected chi connectivity index (χ2v) is 3.17. The minimum absolute atomic E-state index is 0.759.